The number of hydrogen-bond donors (Lipinski definition) is 1. The van der Waals surface area contributed by atoms with Gasteiger partial charge in [-0.1, -0.05) is 35.5 Å². The van der Waals surface area contributed by atoms with Gasteiger partial charge in [0, 0.05) is 23.7 Å². The molecule has 3 rings (SSSR count). The number of morpholine rings is 1. The van der Waals surface area contributed by atoms with E-state index in [1.54, 1.807) is 17.0 Å². The van der Waals surface area contributed by atoms with Gasteiger partial charge in [0.1, 0.15) is 0 Å². The van der Waals surface area contributed by atoms with E-state index in [0.29, 0.717) is 42.3 Å². The van der Waals surface area contributed by atoms with Crippen molar-refractivity contribution in [2.24, 2.45) is 0 Å². The summed E-state index contributed by atoms with van der Waals surface area (Å²) in [5, 5.41) is 9.22. The van der Waals surface area contributed by atoms with Crippen molar-refractivity contribution in [2.45, 2.75) is 5.16 Å². The molecular formula is C14H16ClN5O2S. The number of hydrogen-bond acceptors (Lipinski definition) is 6. The number of ether oxygens (including phenoxy) is 1. The molecule has 1 aromatic heterocycles. The van der Waals surface area contributed by atoms with Gasteiger partial charge in [-0.25, -0.2) is 4.68 Å². The number of amides is 1. The van der Waals surface area contributed by atoms with Crippen molar-refractivity contribution < 1.29 is 9.53 Å². The van der Waals surface area contributed by atoms with Crippen molar-refractivity contribution in [3.05, 3.63) is 29.3 Å². The first-order valence-electron chi connectivity index (χ1n) is 7.10. The van der Waals surface area contributed by atoms with Crippen LogP contribution < -0.4 is 5.84 Å². The summed E-state index contributed by atoms with van der Waals surface area (Å²) in [4.78, 5) is 13.9. The molecule has 2 heterocycles. The van der Waals surface area contributed by atoms with E-state index >= 15 is 0 Å². The van der Waals surface area contributed by atoms with Crippen molar-refractivity contribution in [1.29, 1.82) is 0 Å². The molecule has 122 valence electrons. The van der Waals surface area contributed by atoms with E-state index < -0.39 is 0 Å². The Morgan fingerprint density at radius 3 is 2.87 bits per heavy atom. The first kappa shape index (κ1) is 16.1. The summed E-state index contributed by atoms with van der Waals surface area (Å²) in [5.41, 5.74) is 0.777. The zero-order valence-electron chi connectivity index (χ0n) is 12.3. The van der Waals surface area contributed by atoms with E-state index in [0.717, 1.165) is 5.56 Å². The average Bonchev–Trinajstić information content (AvgIpc) is 2.94. The zero-order valence-corrected chi connectivity index (χ0v) is 13.9. The Labute approximate surface area is 142 Å². The molecule has 0 saturated carbocycles. The minimum atomic E-state index is 0.0469. The molecule has 1 aliphatic rings. The molecule has 1 fully saturated rings. The standard InChI is InChI=1S/C14H16ClN5O2S/c15-11-3-1-2-10(8-11)13-17-18-14(20(13)16)23-9-12(21)19-4-6-22-7-5-19/h1-3,8H,4-7,9,16H2. The van der Waals surface area contributed by atoms with Crippen molar-refractivity contribution in [2.75, 3.05) is 37.9 Å². The summed E-state index contributed by atoms with van der Waals surface area (Å²) in [5.74, 6) is 6.86. The first-order valence-corrected chi connectivity index (χ1v) is 8.46. The van der Waals surface area contributed by atoms with Gasteiger partial charge < -0.3 is 15.5 Å². The molecule has 7 nitrogen and oxygen atoms in total. The highest BCUT2D eigenvalue weighted by molar-refractivity contribution is 7.99. The topological polar surface area (TPSA) is 86.3 Å². The number of nitrogen functional groups attached to an aromatic ring is 1. The summed E-state index contributed by atoms with van der Waals surface area (Å²) >= 11 is 7.25. The summed E-state index contributed by atoms with van der Waals surface area (Å²) in [6, 6.07) is 7.22. The summed E-state index contributed by atoms with van der Waals surface area (Å²) in [6.45, 7) is 2.43. The second-order valence-corrected chi connectivity index (χ2v) is 6.35. The molecule has 2 aromatic rings. The molecular weight excluding hydrogens is 338 g/mol. The Kier molecular flexibility index (Phi) is 5.04. The summed E-state index contributed by atoms with van der Waals surface area (Å²) in [7, 11) is 0. The smallest absolute Gasteiger partial charge is 0.233 e. The van der Waals surface area contributed by atoms with Crippen LogP contribution in [-0.4, -0.2) is 57.7 Å². The summed E-state index contributed by atoms with van der Waals surface area (Å²) in [6.07, 6.45) is 0. The fraction of sp³-hybridized carbons (Fsp3) is 0.357. The van der Waals surface area contributed by atoms with Gasteiger partial charge in [0.25, 0.3) is 0 Å². The van der Waals surface area contributed by atoms with Gasteiger partial charge in [-0.15, -0.1) is 10.2 Å². The SMILES string of the molecule is Nn1c(SCC(=O)N2CCOCC2)nnc1-c1cccc(Cl)c1. The summed E-state index contributed by atoms with van der Waals surface area (Å²) < 4.78 is 6.61. The second kappa shape index (κ2) is 7.20. The molecule has 9 heteroatoms. The van der Waals surface area contributed by atoms with Crippen LogP contribution in [-0.2, 0) is 9.53 Å². The molecule has 0 spiro atoms. The number of carbonyl (C=O) groups excluding carboxylic acids is 1. The Balaban J connectivity index is 1.66. The fourth-order valence-corrected chi connectivity index (χ4v) is 3.18. The van der Waals surface area contributed by atoms with Gasteiger partial charge in [-0.2, -0.15) is 0 Å². The monoisotopic (exact) mass is 353 g/mol. The van der Waals surface area contributed by atoms with Crippen molar-refractivity contribution >= 4 is 29.3 Å². The van der Waals surface area contributed by atoms with Gasteiger partial charge in [-0.05, 0) is 12.1 Å². The van der Waals surface area contributed by atoms with Gasteiger partial charge in [0.05, 0.1) is 19.0 Å². The predicted octanol–water partition coefficient (Wildman–Crippen LogP) is 1.26. The lowest BCUT2D eigenvalue weighted by molar-refractivity contribution is -0.132. The third-order valence-electron chi connectivity index (χ3n) is 3.44. The van der Waals surface area contributed by atoms with Crippen LogP contribution >= 0.6 is 23.4 Å². The maximum absolute atomic E-state index is 12.1. The molecule has 1 amide bonds. The number of aromatic nitrogens is 3. The minimum Gasteiger partial charge on any atom is -0.378 e. The Hall–Kier alpha value is -1.77. The lowest BCUT2D eigenvalue weighted by Gasteiger charge is -2.26. The van der Waals surface area contributed by atoms with E-state index in [1.165, 1.54) is 16.4 Å². The van der Waals surface area contributed by atoms with E-state index in [1.807, 2.05) is 12.1 Å². The lowest BCUT2D eigenvalue weighted by atomic mass is 10.2. The molecule has 0 radical (unpaired) electrons. The molecule has 0 bridgehead atoms. The predicted molar refractivity (Wildman–Crippen MR) is 88.7 cm³/mol. The molecule has 1 aliphatic heterocycles. The Morgan fingerprint density at radius 2 is 2.13 bits per heavy atom. The maximum atomic E-state index is 12.1. The molecule has 0 unspecified atom stereocenters. The van der Waals surface area contributed by atoms with Crippen molar-refractivity contribution in [1.82, 2.24) is 19.8 Å². The second-order valence-electron chi connectivity index (χ2n) is 4.97. The number of benzene rings is 1. The van der Waals surface area contributed by atoms with Crippen LogP contribution in [0.1, 0.15) is 0 Å². The van der Waals surface area contributed by atoms with Crippen LogP contribution in [0.15, 0.2) is 29.4 Å². The van der Waals surface area contributed by atoms with Crippen molar-refractivity contribution in [3.63, 3.8) is 0 Å². The first-order chi connectivity index (χ1) is 11.1. The molecule has 23 heavy (non-hydrogen) atoms. The molecule has 0 atom stereocenters. The third-order valence-corrected chi connectivity index (χ3v) is 4.60. The molecule has 2 N–H and O–H groups in total. The van der Waals surface area contributed by atoms with E-state index in [-0.39, 0.29) is 11.7 Å². The Bertz CT molecular complexity index is 702. The molecule has 1 saturated heterocycles. The molecule has 0 aliphatic carbocycles. The van der Waals surface area contributed by atoms with E-state index in [2.05, 4.69) is 10.2 Å². The third kappa shape index (κ3) is 3.77. The van der Waals surface area contributed by atoms with Crippen LogP contribution in [0.5, 0.6) is 0 Å². The normalized spacial score (nSPS) is 14.9. The van der Waals surface area contributed by atoms with Gasteiger partial charge in [0.15, 0.2) is 5.82 Å². The average molecular weight is 354 g/mol. The Morgan fingerprint density at radius 1 is 1.35 bits per heavy atom. The maximum Gasteiger partial charge on any atom is 0.233 e. The van der Waals surface area contributed by atoms with Crippen LogP contribution in [0.2, 0.25) is 5.02 Å². The number of halogens is 1. The quantitative estimate of drug-likeness (QED) is 0.658. The number of carbonyl (C=O) groups is 1. The highest BCUT2D eigenvalue weighted by atomic mass is 35.5. The van der Waals surface area contributed by atoms with Crippen LogP contribution in [0.25, 0.3) is 11.4 Å². The van der Waals surface area contributed by atoms with Crippen LogP contribution in [0, 0.1) is 0 Å². The largest absolute Gasteiger partial charge is 0.378 e. The number of thioether (sulfide) groups is 1. The number of nitrogens with zero attached hydrogens (tertiary/aromatic N) is 4. The highest BCUT2D eigenvalue weighted by Gasteiger charge is 2.19. The highest BCUT2D eigenvalue weighted by Crippen LogP contribution is 2.24. The minimum absolute atomic E-state index is 0.0469. The van der Waals surface area contributed by atoms with E-state index in [4.69, 9.17) is 22.2 Å². The number of nitrogens with two attached hydrogens (primary N) is 1. The molecule has 1 aromatic carbocycles. The fourth-order valence-electron chi connectivity index (χ4n) is 2.23. The van der Waals surface area contributed by atoms with Gasteiger partial charge in [-0.3, -0.25) is 4.79 Å². The zero-order chi connectivity index (χ0) is 16.2. The van der Waals surface area contributed by atoms with Gasteiger partial charge >= 0.3 is 0 Å². The van der Waals surface area contributed by atoms with Crippen LogP contribution in [0.4, 0.5) is 0 Å². The lowest BCUT2D eigenvalue weighted by Crippen LogP contribution is -2.41. The van der Waals surface area contributed by atoms with Crippen LogP contribution in [0.3, 0.4) is 0 Å². The van der Waals surface area contributed by atoms with Crippen molar-refractivity contribution in [3.8, 4) is 11.4 Å². The number of rotatable bonds is 4. The van der Waals surface area contributed by atoms with Gasteiger partial charge in [0.2, 0.25) is 11.1 Å². The van der Waals surface area contributed by atoms with E-state index in [9.17, 15) is 4.79 Å².